The van der Waals surface area contributed by atoms with Crippen molar-refractivity contribution in [3.8, 4) is 0 Å². The molecule has 1 heterocycles. The molecule has 0 spiro atoms. The topological polar surface area (TPSA) is 56.1 Å². The highest BCUT2D eigenvalue weighted by atomic mass is 35.5. The number of nitrogens with zero attached hydrogens (tertiary/aromatic N) is 1. The van der Waals surface area contributed by atoms with Gasteiger partial charge in [-0.25, -0.2) is 12.4 Å². The maximum absolute atomic E-state index is 13.8. The molecule has 7 heteroatoms. The SMILES string of the molecule is CC(C)(Cl)C(Sc1ccccc1)C(=O)c1cn(S(=O)(=O)c2ccccc2)c2ccccc12. The predicted octanol–water partition coefficient (Wildman–Crippen LogP) is 6.24. The Morgan fingerprint density at radius 3 is 2.09 bits per heavy atom. The predicted molar refractivity (Wildman–Crippen MR) is 131 cm³/mol. The van der Waals surface area contributed by atoms with Crippen LogP contribution in [0.25, 0.3) is 10.9 Å². The Hall–Kier alpha value is -2.54. The van der Waals surface area contributed by atoms with Crippen LogP contribution < -0.4 is 0 Å². The summed E-state index contributed by atoms with van der Waals surface area (Å²) in [6.45, 7) is 3.60. The lowest BCUT2D eigenvalue weighted by atomic mass is 9.99. The molecule has 0 aliphatic carbocycles. The van der Waals surface area contributed by atoms with Gasteiger partial charge in [0.25, 0.3) is 10.0 Å². The second-order valence-electron chi connectivity index (χ2n) is 7.91. The minimum atomic E-state index is -3.87. The molecule has 0 bridgehead atoms. The number of para-hydroxylation sites is 1. The number of hydrogen-bond acceptors (Lipinski definition) is 4. The smallest absolute Gasteiger partial charge is 0.268 e. The third-order valence-corrected chi connectivity index (χ3v) is 8.72. The van der Waals surface area contributed by atoms with Gasteiger partial charge in [0, 0.05) is 22.0 Å². The third-order valence-electron chi connectivity index (χ3n) is 5.10. The van der Waals surface area contributed by atoms with Gasteiger partial charge < -0.3 is 0 Å². The van der Waals surface area contributed by atoms with Crippen LogP contribution in [-0.2, 0) is 10.0 Å². The van der Waals surface area contributed by atoms with Gasteiger partial charge in [0.15, 0.2) is 5.78 Å². The number of benzene rings is 3. The molecule has 3 aromatic carbocycles. The lowest BCUT2D eigenvalue weighted by Gasteiger charge is -2.26. The van der Waals surface area contributed by atoms with Crippen LogP contribution in [0.15, 0.2) is 101 Å². The van der Waals surface area contributed by atoms with E-state index in [2.05, 4.69) is 0 Å². The van der Waals surface area contributed by atoms with Gasteiger partial charge in [-0.2, -0.15) is 0 Å². The van der Waals surface area contributed by atoms with Crippen LogP contribution in [0.4, 0.5) is 0 Å². The minimum Gasteiger partial charge on any atom is -0.293 e. The molecule has 1 unspecified atom stereocenters. The van der Waals surface area contributed by atoms with Gasteiger partial charge in [0.2, 0.25) is 0 Å². The molecule has 1 atom stereocenters. The van der Waals surface area contributed by atoms with E-state index < -0.39 is 20.1 Å². The monoisotopic (exact) mass is 483 g/mol. The van der Waals surface area contributed by atoms with Gasteiger partial charge in [0.05, 0.1) is 20.5 Å². The number of fused-ring (bicyclic) bond motifs is 1. The zero-order valence-electron chi connectivity index (χ0n) is 17.6. The molecule has 0 fully saturated rings. The molecule has 0 radical (unpaired) electrons. The van der Waals surface area contributed by atoms with E-state index in [0.29, 0.717) is 16.5 Å². The summed E-state index contributed by atoms with van der Waals surface area (Å²) in [5, 5.41) is -0.0400. The van der Waals surface area contributed by atoms with Gasteiger partial charge in [-0.3, -0.25) is 4.79 Å². The maximum Gasteiger partial charge on any atom is 0.268 e. The summed E-state index contributed by atoms with van der Waals surface area (Å²) in [5.74, 6) is -0.211. The second-order valence-corrected chi connectivity index (χ2v) is 11.9. The normalized spacial score (nSPS) is 13.2. The number of aromatic nitrogens is 1. The number of hydrogen-bond donors (Lipinski definition) is 0. The molecular weight excluding hydrogens is 462 g/mol. The van der Waals surface area contributed by atoms with Crippen molar-refractivity contribution in [2.45, 2.75) is 33.8 Å². The van der Waals surface area contributed by atoms with Crippen molar-refractivity contribution >= 4 is 50.1 Å². The summed E-state index contributed by atoms with van der Waals surface area (Å²) in [6.07, 6.45) is 1.43. The largest absolute Gasteiger partial charge is 0.293 e. The number of Topliss-reactive ketones (excluding diaryl/α,β-unsaturated/α-hetero) is 1. The molecule has 4 aromatic rings. The van der Waals surface area contributed by atoms with Gasteiger partial charge in [-0.05, 0) is 44.2 Å². The Morgan fingerprint density at radius 2 is 1.47 bits per heavy atom. The van der Waals surface area contributed by atoms with Crippen LogP contribution in [0.2, 0.25) is 0 Å². The van der Waals surface area contributed by atoms with Crippen molar-refractivity contribution in [3.63, 3.8) is 0 Å². The first-order valence-electron chi connectivity index (χ1n) is 10.0. The zero-order chi connectivity index (χ0) is 22.9. The molecule has 0 N–H and O–H groups in total. The van der Waals surface area contributed by atoms with Crippen molar-refractivity contribution in [2.75, 3.05) is 0 Å². The number of ketones is 1. The quantitative estimate of drug-likeness (QED) is 0.177. The molecule has 1 aromatic heterocycles. The van der Waals surface area contributed by atoms with E-state index in [-0.39, 0.29) is 10.7 Å². The van der Waals surface area contributed by atoms with Crippen LogP contribution >= 0.6 is 23.4 Å². The van der Waals surface area contributed by atoms with E-state index in [1.165, 1.54) is 21.9 Å². The Balaban J connectivity index is 1.85. The van der Waals surface area contributed by atoms with Crippen LogP contribution in [-0.4, -0.2) is 28.3 Å². The van der Waals surface area contributed by atoms with E-state index in [4.69, 9.17) is 11.6 Å². The van der Waals surface area contributed by atoms with Gasteiger partial charge in [-0.15, -0.1) is 23.4 Å². The van der Waals surface area contributed by atoms with Crippen molar-refractivity contribution in [1.29, 1.82) is 0 Å². The molecule has 0 aliphatic rings. The van der Waals surface area contributed by atoms with Crippen LogP contribution in [0.3, 0.4) is 0 Å². The molecule has 164 valence electrons. The third kappa shape index (κ3) is 4.35. The average Bonchev–Trinajstić information content (AvgIpc) is 3.18. The lowest BCUT2D eigenvalue weighted by molar-refractivity contribution is 0.0981. The summed E-state index contributed by atoms with van der Waals surface area (Å²) >= 11 is 8.05. The van der Waals surface area contributed by atoms with Crippen molar-refractivity contribution in [2.24, 2.45) is 0 Å². The number of thioether (sulfide) groups is 1. The van der Waals surface area contributed by atoms with Crippen LogP contribution in [0, 0.1) is 0 Å². The van der Waals surface area contributed by atoms with Gasteiger partial charge in [0.1, 0.15) is 0 Å². The van der Waals surface area contributed by atoms with Crippen LogP contribution in [0.5, 0.6) is 0 Å². The minimum absolute atomic E-state index is 0.160. The summed E-state index contributed by atoms with van der Waals surface area (Å²) in [6, 6.07) is 24.8. The number of alkyl halides is 1. The fourth-order valence-corrected chi connectivity index (χ4v) is 6.26. The van der Waals surface area contributed by atoms with Crippen LogP contribution in [0.1, 0.15) is 24.2 Å². The van der Waals surface area contributed by atoms with E-state index in [1.807, 2.05) is 30.3 Å². The summed E-state index contributed by atoms with van der Waals surface area (Å²) in [7, 11) is -3.87. The molecule has 4 nitrogen and oxygen atoms in total. The summed E-state index contributed by atoms with van der Waals surface area (Å²) < 4.78 is 27.9. The molecule has 4 rings (SSSR count). The van der Waals surface area contributed by atoms with E-state index in [0.717, 1.165) is 4.90 Å². The first-order valence-corrected chi connectivity index (χ1v) is 12.7. The molecular formula is C25H22ClNO3S2. The Kier molecular flexibility index (Phi) is 6.21. The number of halogens is 1. The summed E-state index contributed by atoms with van der Waals surface area (Å²) in [4.78, 5) is 14.0. The van der Waals surface area contributed by atoms with E-state index >= 15 is 0 Å². The average molecular weight is 484 g/mol. The number of rotatable bonds is 7. The Bertz CT molecular complexity index is 1360. The molecule has 0 saturated carbocycles. The lowest BCUT2D eigenvalue weighted by Crippen LogP contribution is -2.35. The second kappa shape index (κ2) is 8.77. The fraction of sp³-hybridized carbons (Fsp3) is 0.160. The Morgan fingerprint density at radius 1 is 0.906 bits per heavy atom. The first kappa shape index (κ1) is 22.6. The highest BCUT2D eigenvalue weighted by molar-refractivity contribution is 8.00. The Labute approximate surface area is 197 Å². The number of carbonyl (C=O) groups is 1. The molecule has 0 amide bonds. The fourth-order valence-electron chi connectivity index (χ4n) is 3.53. The molecule has 0 aliphatic heterocycles. The van der Waals surface area contributed by atoms with E-state index in [1.54, 1.807) is 68.4 Å². The highest BCUT2D eigenvalue weighted by Gasteiger charge is 2.37. The van der Waals surface area contributed by atoms with Gasteiger partial charge >= 0.3 is 0 Å². The summed E-state index contributed by atoms with van der Waals surface area (Å²) in [5.41, 5.74) is 0.790. The van der Waals surface area contributed by atoms with Crippen molar-refractivity contribution in [3.05, 3.63) is 96.7 Å². The van der Waals surface area contributed by atoms with E-state index in [9.17, 15) is 13.2 Å². The van der Waals surface area contributed by atoms with Crippen molar-refractivity contribution < 1.29 is 13.2 Å². The zero-order valence-corrected chi connectivity index (χ0v) is 20.0. The molecule has 32 heavy (non-hydrogen) atoms. The standard InChI is InChI=1S/C25H22ClNO3S2/c1-25(2,26)24(31-18-11-5-3-6-12-18)23(28)21-17-27(22-16-10-9-15-20(21)22)32(29,30)19-13-7-4-8-14-19/h3-17,24H,1-2H3. The maximum atomic E-state index is 13.8. The van der Waals surface area contributed by atoms with Gasteiger partial charge in [-0.1, -0.05) is 54.6 Å². The highest BCUT2D eigenvalue weighted by Crippen LogP contribution is 2.38. The number of carbonyl (C=O) groups excluding carboxylic acids is 1. The first-order chi connectivity index (χ1) is 15.2. The van der Waals surface area contributed by atoms with Crippen molar-refractivity contribution in [1.82, 2.24) is 3.97 Å². The molecule has 0 saturated heterocycles.